The first-order valence-corrected chi connectivity index (χ1v) is 14.3. The number of hydrogen-bond donors (Lipinski definition) is 2. The molecule has 10 nitrogen and oxygen atoms in total. The second-order valence-electron chi connectivity index (χ2n) is 10.4. The van der Waals surface area contributed by atoms with Crippen LogP contribution in [0.5, 0.6) is 11.5 Å². The average Bonchev–Trinajstić information content (AvgIpc) is 3.29. The number of carbonyl (C=O) groups is 3. The molecule has 2 aliphatic heterocycles. The van der Waals surface area contributed by atoms with Crippen LogP contribution in [-0.4, -0.2) is 78.5 Å². The van der Waals surface area contributed by atoms with Crippen molar-refractivity contribution in [2.45, 2.75) is 19.1 Å². The molecule has 2 amide bonds. The minimum absolute atomic E-state index is 0.0140. The fourth-order valence-corrected chi connectivity index (χ4v) is 5.25. The van der Waals surface area contributed by atoms with Crippen LogP contribution in [0.15, 0.2) is 84.4 Å². The van der Waals surface area contributed by atoms with Crippen LogP contribution in [0.2, 0.25) is 0 Å². The molecule has 0 saturated carbocycles. The zero-order chi connectivity index (χ0) is 30.2. The number of carbonyl (C=O) groups excluding carboxylic acids is 3. The van der Waals surface area contributed by atoms with Crippen LogP contribution >= 0.6 is 0 Å². The summed E-state index contributed by atoms with van der Waals surface area (Å²) in [4.78, 5) is 41.7. The lowest BCUT2D eigenvalue weighted by Gasteiger charge is -2.29. The summed E-state index contributed by atoms with van der Waals surface area (Å²) in [6, 6.07) is 22.4. The Labute approximate surface area is 250 Å². The summed E-state index contributed by atoms with van der Waals surface area (Å²) in [5.74, 6) is -1.25. The Morgan fingerprint density at radius 1 is 0.884 bits per heavy atom. The van der Waals surface area contributed by atoms with Gasteiger partial charge in [0.25, 0.3) is 17.6 Å². The lowest BCUT2D eigenvalue weighted by Crippen LogP contribution is -2.38. The fraction of sp³-hybridized carbons (Fsp3) is 0.303. The van der Waals surface area contributed by atoms with Gasteiger partial charge in [-0.3, -0.25) is 19.3 Å². The monoisotopic (exact) mass is 585 g/mol. The fourth-order valence-electron chi connectivity index (χ4n) is 5.25. The SMILES string of the molecule is NC(=O)COc1ccc(C2C(=C(O)c3ccc(OCc4ccccc4)cc3)C(=O)C(=O)N2CCCN2CCOCC2)cc1. The predicted molar refractivity (Wildman–Crippen MR) is 159 cm³/mol. The molecule has 2 fully saturated rings. The van der Waals surface area contributed by atoms with Gasteiger partial charge in [0.15, 0.2) is 6.61 Å². The summed E-state index contributed by atoms with van der Waals surface area (Å²) in [5, 5.41) is 11.4. The maximum Gasteiger partial charge on any atom is 0.295 e. The van der Waals surface area contributed by atoms with E-state index in [1.54, 1.807) is 48.5 Å². The average molecular weight is 586 g/mol. The van der Waals surface area contributed by atoms with Gasteiger partial charge in [-0.1, -0.05) is 42.5 Å². The minimum Gasteiger partial charge on any atom is -0.507 e. The number of nitrogens with zero attached hydrogens (tertiary/aromatic N) is 2. The van der Waals surface area contributed by atoms with Crippen molar-refractivity contribution in [2.75, 3.05) is 46.0 Å². The van der Waals surface area contributed by atoms with Gasteiger partial charge in [0.1, 0.15) is 23.9 Å². The van der Waals surface area contributed by atoms with E-state index in [2.05, 4.69) is 4.90 Å². The van der Waals surface area contributed by atoms with E-state index in [4.69, 9.17) is 19.9 Å². The Bertz CT molecular complexity index is 1450. The molecule has 0 aliphatic carbocycles. The third-order valence-electron chi connectivity index (χ3n) is 7.47. The van der Waals surface area contributed by atoms with Crippen LogP contribution in [0.3, 0.4) is 0 Å². The number of morpholine rings is 1. The largest absolute Gasteiger partial charge is 0.507 e. The Morgan fingerprint density at radius 3 is 2.21 bits per heavy atom. The van der Waals surface area contributed by atoms with Crippen LogP contribution < -0.4 is 15.2 Å². The van der Waals surface area contributed by atoms with E-state index in [1.807, 2.05) is 30.3 Å². The number of rotatable bonds is 12. The molecule has 2 heterocycles. The molecule has 43 heavy (non-hydrogen) atoms. The molecule has 2 saturated heterocycles. The predicted octanol–water partition coefficient (Wildman–Crippen LogP) is 3.27. The number of nitrogens with two attached hydrogens (primary N) is 1. The molecule has 10 heteroatoms. The summed E-state index contributed by atoms with van der Waals surface area (Å²) in [7, 11) is 0. The van der Waals surface area contributed by atoms with Crippen molar-refractivity contribution >= 4 is 23.4 Å². The molecule has 1 unspecified atom stereocenters. The number of primary amides is 1. The zero-order valence-electron chi connectivity index (χ0n) is 23.8. The number of ketones is 1. The maximum absolute atomic E-state index is 13.4. The third-order valence-corrected chi connectivity index (χ3v) is 7.47. The summed E-state index contributed by atoms with van der Waals surface area (Å²) in [6.07, 6.45) is 0.650. The molecule has 0 aromatic heterocycles. The Kier molecular flexibility index (Phi) is 9.70. The van der Waals surface area contributed by atoms with Crippen molar-refractivity contribution in [1.29, 1.82) is 0 Å². The molecule has 224 valence electrons. The number of aliphatic hydroxyl groups is 1. The molecular formula is C33H35N3O7. The first-order valence-electron chi connectivity index (χ1n) is 14.3. The highest BCUT2D eigenvalue weighted by molar-refractivity contribution is 6.46. The van der Waals surface area contributed by atoms with Crippen LogP contribution in [0.1, 0.15) is 29.2 Å². The zero-order valence-corrected chi connectivity index (χ0v) is 23.8. The second kappa shape index (κ2) is 14.0. The smallest absolute Gasteiger partial charge is 0.295 e. The topological polar surface area (TPSA) is 132 Å². The molecule has 3 N–H and O–H groups in total. The number of ether oxygens (including phenoxy) is 3. The Morgan fingerprint density at radius 2 is 1.53 bits per heavy atom. The molecule has 3 aromatic rings. The van der Waals surface area contributed by atoms with Crippen molar-refractivity contribution < 1.29 is 33.7 Å². The van der Waals surface area contributed by atoms with Crippen LogP contribution in [-0.2, 0) is 25.7 Å². The Balaban J connectivity index is 1.39. The molecule has 2 aliphatic rings. The third kappa shape index (κ3) is 7.40. The van der Waals surface area contributed by atoms with E-state index in [9.17, 15) is 19.5 Å². The molecule has 0 spiro atoms. The van der Waals surface area contributed by atoms with E-state index in [1.165, 1.54) is 4.90 Å². The van der Waals surface area contributed by atoms with Crippen molar-refractivity contribution in [2.24, 2.45) is 5.73 Å². The van der Waals surface area contributed by atoms with E-state index in [0.717, 1.165) is 25.2 Å². The van der Waals surface area contributed by atoms with Crippen molar-refractivity contribution in [1.82, 2.24) is 9.80 Å². The summed E-state index contributed by atoms with van der Waals surface area (Å²) >= 11 is 0. The standard InChI is InChI=1S/C33H35N3O7/c34-28(37)22-43-27-11-7-24(8-12-27)30-29(32(39)33(40)36(30)16-4-15-35-17-19-41-20-18-35)31(38)25-9-13-26(14-10-25)42-21-23-5-2-1-3-6-23/h1-3,5-14,30,38H,4,15-22H2,(H2,34,37). The van der Waals surface area contributed by atoms with E-state index >= 15 is 0 Å². The minimum atomic E-state index is -0.802. The summed E-state index contributed by atoms with van der Waals surface area (Å²) in [6.45, 7) is 4.18. The molecule has 1 atom stereocenters. The second-order valence-corrected chi connectivity index (χ2v) is 10.4. The van der Waals surface area contributed by atoms with E-state index < -0.39 is 23.6 Å². The lowest BCUT2D eigenvalue weighted by atomic mass is 9.95. The van der Waals surface area contributed by atoms with Crippen LogP contribution in [0.4, 0.5) is 0 Å². The lowest BCUT2D eigenvalue weighted by molar-refractivity contribution is -0.140. The van der Waals surface area contributed by atoms with Gasteiger partial charge in [0, 0.05) is 31.7 Å². The molecule has 0 bridgehead atoms. The van der Waals surface area contributed by atoms with Gasteiger partial charge < -0.3 is 30.0 Å². The number of Topliss-reactive ketones (excluding diaryl/α,β-unsaturated/α-hetero) is 1. The van der Waals surface area contributed by atoms with Gasteiger partial charge in [-0.2, -0.15) is 0 Å². The summed E-state index contributed by atoms with van der Waals surface area (Å²) in [5.41, 5.74) is 7.24. The van der Waals surface area contributed by atoms with Gasteiger partial charge in [0.2, 0.25) is 0 Å². The number of benzene rings is 3. The highest BCUT2D eigenvalue weighted by Crippen LogP contribution is 2.40. The summed E-state index contributed by atoms with van der Waals surface area (Å²) < 4.78 is 16.7. The molecule has 3 aromatic carbocycles. The Hall–Kier alpha value is -4.67. The number of likely N-dealkylation sites (tertiary alicyclic amines) is 1. The van der Waals surface area contributed by atoms with Gasteiger partial charge in [-0.05, 0) is 53.9 Å². The van der Waals surface area contributed by atoms with Crippen LogP contribution in [0, 0.1) is 0 Å². The van der Waals surface area contributed by atoms with Gasteiger partial charge >= 0.3 is 0 Å². The normalized spacial score (nSPS) is 18.5. The number of hydrogen-bond acceptors (Lipinski definition) is 8. The van der Waals surface area contributed by atoms with E-state index in [-0.39, 0.29) is 17.9 Å². The van der Waals surface area contributed by atoms with Crippen molar-refractivity contribution in [3.63, 3.8) is 0 Å². The first kappa shape index (κ1) is 29.8. The molecule has 0 radical (unpaired) electrons. The molecule has 5 rings (SSSR count). The quantitative estimate of drug-likeness (QED) is 0.188. The van der Waals surface area contributed by atoms with Crippen LogP contribution in [0.25, 0.3) is 5.76 Å². The van der Waals surface area contributed by atoms with Gasteiger partial charge in [-0.25, -0.2) is 0 Å². The maximum atomic E-state index is 13.4. The van der Waals surface area contributed by atoms with Crippen molar-refractivity contribution in [3.8, 4) is 11.5 Å². The van der Waals surface area contributed by atoms with Crippen molar-refractivity contribution in [3.05, 3.63) is 101 Å². The number of amides is 2. The highest BCUT2D eigenvalue weighted by Gasteiger charge is 2.45. The first-order chi connectivity index (χ1) is 20.9. The number of aliphatic hydroxyl groups excluding tert-OH is 1. The highest BCUT2D eigenvalue weighted by atomic mass is 16.5. The van der Waals surface area contributed by atoms with Gasteiger partial charge in [0.05, 0.1) is 24.8 Å². The van der Waals surface area contributed by atoms with Gasteiger partial charge in [-0.15, -0.1) is 0 Å². The molecular weight excluding hydrogens is 550 g/mol. The van der Waals surface area contributed by atoms with E-state index in [0.29, 0.717) is 55.4 Å².